The first kappa shape index (κ1) is 15.2. The van der Waals surface area contributed by atoms with Gasteiger partial charge in [-0.1, -0.05) is 0 Å². The van der Waals surface area contributed by atoms with Crippen molar-refractivity contribution in [1.29, 1.82) is 0 Å². The van der Waals surface area contributed by atoms with Gasteiger partial charge in [-0.15, -0.1) is 0 Å². The van der Waals surface area contributed by atoms with Crippen LogP contribution in [-0.4, -0.2) is 23.7 Å². The molecule has 1 heterocycles. The van der Waals surface area contributed by atoms with Crippen LogP contribution >= 0.6 is 22.6 Å². The summed E-state index contributed by atoms with van der Waals surface area (Å²) in [7, 11) is -3.91. The number of sulfonamides is 1. The molecule has 0 unspecified atom stereocenters. The lowest BCUT2D eigenvalue weighted by Gasteiger charge is -2.10. The van der Waals surface area contributed by atoms with Gasteiger partial charge in [0.15, 0.2) is 0 Å². The lowest BCUT2D eigenvalue weighted by atomic mass is 10.3. The van der Waals surface area contributed by atoms with Gasteiger partial charge in [0.1, 0.15) is 16.4 Å². The highest BCUT2D eigenvalue weighted by Crippen LogP contribution is 2.25. The van der Waals surface area contributed by atoms with Crippen molar-refractivity contribution < 1.29 is 17.9 Å². The van der Waals surface area contributed by atoms with Crippen LogP contribution in [0.2, 0.25) is 0 Å². The summed E-state index contributed by atoms with van der Waals surface area (Å²) in [6, 6.07) is 3.71. The number of benzene rings is 1. The molecule has 2 rings (SSSR count). The molecule has 0 saturated carbocycles. The molecule has 0 radical (unpaired) electrons. The fraction of sp³-hybridized carbons (Fsp3) is 0.182. The van der Waals surface area contributed by atoms with E-state index in [4.69, 9.17) is 5.11 Å². The first-order valence-electron chi connectivity index (χ1n) is 5.47. The second-order valence-corrected chi connectivity index (χ2v) is 6.79. The number of aliphatic hydroxyl groups is 1. The lowest BCUT2D eigenvalue weighted by molar-refractivity contribution is 0.273. The third-order valence-corrected chi connectivity index (χ3v) is 5.02. The van der Waals surface area contributed by atoms with E-state index < -0.39 is 22.4 Å². The molecular weight excluding hydrogens is 400 g/mol. The summed E-state index contributed by atoms with van der Waals surface area (Å²) in [6.07, 6.45) is 0. The van der Waals surface area contributed by atoms with Gasteiger partial charge in [0, 0.05) is 3.57 Å². The highest BCUT2D eigenvalue weighted by Gasteiger charge is 2.24. The van der Waals surface area contributed by atoms with Gasteiger partial charge in [0.2, 0.25) is 0 Å². The van der Waals surface area contributed by atoms with Gasteiger partial charge < -0.3 is 5.11 Å². The van der Waals surface area contributed by atoms with Crippen LogP contribution in [0.15, 0.2) is 23.1 Å². The Bertz CT molecular complexity index is 745. The lowest BCUT2D eigenvalue weighted by Crippen LogP contribution is -2.16. The number of aliphatic hydroxyl groups excluding tert-OH is 1. The molecule has 20 heavy (non-hydrogen) atoms. The molecule has 0 fully saturated rings. The molecule has 2 aromatic rings. The summed E-state index contributed by atoms with van der Waals surface area (Å²) in [5, 5.41) is 15.4. The van der Waals surface area contributed by atoms with Gasteiger partial charge in [-0.3, -0.25) is 9.82 Å². The van der Waals surface area contributed by atoms with E-state index in [1.165, 1.54) is 19.1 Å². The molecule has 0 aliphatic heterocycles. The zero-order valence-electron chi connectivity index (χ0n) is 10.3. The van der Waals surface area contributed by atoms with Crippen molar-refractivity contribution in [1.82, 2.24) is 10.2 Å². The molecule has 9 heteroatoms. The van der Waals surface area contributed by atoms with Crippen molar-refractivity contribution in [3.8, 4) is 0 Å². The van der Waals surface area contributed by atoms with E-state index in [1.54, 1.807) is 0 Å². The van der Waals surface area contributed by atoms with Crippen molar-refractivity contribution >= 4 is 38.3 Å². The van der Waals surface area contributed by atoms with E-state index in [9.17, 15) is 12.8 Å². The zero-order valence-corrected chi connectivity index (χ0v) is 13.3. The van der Waals surface area contributed by atoms with Gasteiger partial charge in [0.25, 0.3) is 10.0 Å². The second-order valence-electron chi connectivity index (χ2n) is 4.01. The molecule has 1 aromatic heterocycles. The second kappa shape index (κ2) is 5.66. The standard InChI is InChI=1S/C11H11FIN3O3S/c1-6-11(10(5-17)15-14-6)20(18,19)16-9-3-2-7(12)4-8(9)13/h2-4,16-17H,5H2,1H3,(H,14,15). The number of nitrogens with one attached hydrogen (secondary N) is 2. The van der Waals surface area contributed by atoms with E-state index in [1.807, 2.05) is 22.6 Å². The number of aromatic amines is 1. The Balaban J connectivity index is 2.43. The van der Waals surface area contributed by atoms with Crippen molar-refractivity contribution in [2.45, 2.75) is 18.4 Å². The molecule has 0 saturated heterocycles. The number of halogens is 2. The van der Waals surface area contributed by atoms with Gasteiger partial charge in [0.05, 0.1) is 18.0 Å². The molecule has 0 bridgehead atoms. The predicted molar refractivity (Wildman–Crippen MR) is 79.2 cm³/mol. The molecular formula is C11H11FIN3O3S. The molecule has 0 aliphatic rings. The Labute approximate surface area is 128 Å². The average Bonchev–Trinajstić information content (AvgIpc) is 2.75. The molecule has 0 spiro atoms. The number of aromatic nitrogens is 2. The van der Waals surface area contributed by atoms with Crippen LogP contribution in [-0.2, 0) is 16.6 Å². The topological polar surface area (TPSA) is 95.1 Å². The molecule has 1 aromatic carbocycles. The van der Waals surface area contributed by atoms with E-state index in [0.29, 0.717) is 9.26 Å². The van der Waals surface area contributed by atoms with Crippen LogP contribution in [0.4, 0.5) is 10.1 Å². The molecule has 3 N–H and O–H groups in total. The summed E-state index contributed by atoms with van der Waals surface area (Å²) >= 11 is 1.83. The Hall–Kier alpha value is -1.20. The number of nitrogens with zero attached hydrogens (tertiary/aromatic N) is 1. The first-order chi connectivity index (χ1) is 9.35. The van der Waals surface area contributed by atoms with Gasteiger partial charge in [-0.05, 0) is 47.7 Å². The molecule has 0 aliphatic carbocycles. The number of rotatable bonds is 4. The largest absolute Gasteiger partial charge is 0.390 e. The SMILES string of the molecule is Cc1[nH]nc(CO)c1S(=O)(=O)Nc1ccc(F)cc1I. The van der Waals surface area contributed by atoms with Crippen LogP contribution in [0.3, 0.4) is 0 Å². The summed E-state index contributed by atoms with van der Waals surface area (Å²) < 4.78 is 40.4. The minimum absolute atomic E-state index is 0.0344. The maximum absolute atomic E-state index is 13.0. The third kappa shape index (κ3) is 2.94. The summed E-state index contributed by atoms with van der Waals surface area (Å²) in [4.78, 5) is -0.0971. The zero-order chi connectivity index (χ0) is 14.9. The Morgan fingerprint density at radius 1 is 1.50 bits per heavy atom. The van der Waals surface area contributed by atoms with Crippen LogP contribution in [0, 0.1) is 16.3 Å². The van der Waals surface area contributed by atoms with Crippen LogP contribution in [0.5, 0.6) is 0 Å². The Morgan fingerprint density at radius 3 is 2.80 bits per heavy atom. The first-order valence-corrected chi connectivity index (χ1v) is 8.04. The molecule has 6 nitrogen and oxygen atoms in total. The summed E-state index contributed by atoms with van der Waals surface area (Å²) in [5.74, 6) is -0.451. The van der Waals surface area contributed by atoms with Crippen molar-refractivity contribution in [2.24, 2.45) is 0 Å². The molecule has 0 amide bonds. The van der Waals surface area contributed by atoms with E-state index in [2.05, 4.69) is 14.9 Å². The van der Waals surface area contributed by atoms with E-state index >= 15 is 0 Å². The molecule has 0 atom stereocenters. The van der Waals surface area contributed by atoms with Gasteiger partial charge >= 0.3 is 0 Å². The van der Waals surface area contributed by atoms with Gasteiger partial charge in [-0.2, -0.15) is 5.10 Å². The van der Waals surface area contributed by atoms with Crippen molar-refractivity contribution in [2.75, 3.05) is 4.72 Å². The van der Waals surface area contributed by atoms with Crippen molar-refractivity contribution in [3.05, 3.63) is 39.0 Å². The van der Waals surface area contributed by atoms with Crippen LogP contribution < -0.4 is 4.72 Å². The number of aryl methyl sites for hydroxylation is 1. The van der Waals surface area contributed by atoms with E-state index in [-0.39, 0.29) is 16.3 Å². The maximum Gasteiger partial charge on any atom is 0.265 e. The van der Waals surface area contributed by atoms with Gasteiger partial charge in [-0.25, -0.2) is 12.8 Å². The summed E-state index contributed by atoms with van der Waals surface area (Å²) in [6.45, 7) is 1.04. The smallest absolute Gasteiger partial charge is 0.265 e. The normalized spacial score (nSPS) is 11.6. The number of anilines is 1. The minimum atomic E-state index is -3.91. The van der Waals surface area contributed by atoms with Crippen molar-refractivity contribution in [3.63, 3.8) is 0 Å². The fourth-order valence-electron chi connectivity index (χ4n) is 1.70. The molecule has 108 valence electrons. The third-order valence-electron chi connectivity index (χ3n) is 2.56. The number of H-pyrrole nitrogens is 1. The monoisotopic (exact) mass is 411 g/mol. The van der Waals surface area contributed by atoms with Crippen LogP contribution in [0.25, 0.3) is 0 Å². The summed E-state index contributed by atoms with van der Waals surface area (Å²) in [5.41, 5.74) is 0.613. The Kier molecular flexibility index (Phi) is 4.30. The maximum atomic E-state index is 13.0. The average molecular weight is 411 g/mol. The minimum Gasteiger partial charge on any atom is -0.390 e. The number of hydrogen-bond acceptors (Lipinski definition) is 4. The Morgan fingerprint density at radius 2 is 2.20 bits per heavy atom. The fourth-order valence-corrected chi connectivity index (χ4v) is 3.93. The predicted octanol–water partition coefficient (Wildman–Crippen LogP) is 1.75. The van der Waals surface area contributed by atoms with Crippen LogP contribution in [0.1, 0.15) is 11.4 Å². The highest BCUT2D eigenvalue weighted by atomic mass is 127. The number of hydrogen-bond donors (Lipinski definition) is 3. The highest BCUT2D eigenvalue weighted by molar-refractivity contribution is 14.1. The quantitative estimate of drug-likeness (QED) is 0.669. The van der Waals surface area contributed by atoms with E-state index in [0.717, 1.165) is 6.07 Å².